The molecule has 0 saturated carbocycles. The molecular weight excluding hydrogens is 485 g/mol. The van der Waals surface area contributed by atoms with E-state index in [1.54, 1.807) is 6.07 Å². The Bertz CT molecular complexity index is 1310. The molecule has 0 aliphatic carbocycles. The molecule has 0 bridgehead atoms. The van der Waals surface area contributed by atoms with E-state index < -0.39 is 22.6 Å². The van der Waals surface area contributed by atoms with Gasteiger partial charge >= 0.3 is 0 Å². The lowest BCUT2D eigenvalue weighted by Gasteiger charge is -2.47. The molecule has 5 heterocycles. The van der Waals surface area contributed by atoms with Crippen LogP contribution in [0.25, 0.3) is 17.0 Å². The number of fused-ring (bicyclic) bond motifs is 1. The number of rotatable bonds is 7. The molecule has 2 saturated heterocycles. The molecule has 2 aliphatic rings. The van der Waals surface area contributed by atoms with Gasteiger partial charge in [0.15, 0.2) is 5.65 Å². The minimum absolute atomic E-state index is 0.00776. The molecule has 2 unspecified atom stereocenters. The maximum absolute atomic E-state index is 13.5. The molecule has 0 aromatic carbocycles. The predicted molar refractivity (Wildman–Crippen MR) is 122 cm³/mol. The standard InChI is InChI=1S/C21H25F3N8O2S/c1-35(33,34)28-6-13-4-15(30-9-14(22)10-30)11-31(8-13)20-5-17(26-12-27-20)18-7-25-19-3-2-16(21(23)24)29-32(18)19/h2-3,5,7,12-15,21,28H,4,6,8-11H2,1H3. The van der Waals surface area contributed by atoms with Gasteiger partial charge < -0.3 is 4.90 Å². The van der Waals surface area contributed by atoms with Crippen molar-refractivity contribution in [2.45, 2.75) is 25.1 Å². The van der Waals surface area contributed by atoms with Crippen molar-refractivity contribution in [3.63, 3.8) is 0 Å². The number of hydrogen-bond acceptors (Lipinski definition) is 8. The summed E-state index contributed by atoms with van der Waals surface area (Å²) < 4.78 is 67.1. The second-order valence-electron chi connectivity index (χ2n) is 9.07. The first-order valence-electron chi connectivity index (χ1n) is 11.2. The minimum atomic E-state index is -3.35. The fourth-order valence-electron chi connectivity index (χ4n) is 4.64. The zero-order valence-electron chi connectivity index (χ0n) is 18.9. The summed E-state index contributed by atoms with van der Waals surface area (Å²) in [6.07, 6.45) is 1.19. The average molecular weight is 511 g/mol. The van der Waals surface area contributed by atoms with Crippen LogP contribution in [0.2, 0.25) is 0 Å². The smallest absolute Gasteiger partial charge is 0.282 e. The largest absolute Gasteiger partial charge is 0.355 e. The Hall–Kier alpha value is -2.84. The molecule has 0 amide bonds. The third-order valence-electron chi connectivity index (χ3n) is 6.38. The molecule has 35 heavy (non-hydrogen) atoms. The first-order valence-corrected chi connectivity index (χ1v) is 13.1. The SMILES string of the molecule is CS(=O)(=O)NCC1CC(N2CC(F)C2)CN(c2cc(-c3cnc4ccc(C(F)F)nn34)ncn2)C1. The van der Waals surface area contributed by atoms with Crippen LogP contribution in [0.15, 0.2) is 30.7 Å². The van der Waals surface area contributed by atoms with Crippen molar-refractivity contribution < 1.29 is 21.6 Å². The molecule has 14 heteroatoms. The van der Waals surface area contributed by atoms with E-state index in [4.69, 9.17) is 0 Å². The molecule has 1 N–H and O–H groups in total. The second-order valence-corrected chi connectivity index (χ2v) is 10.9. The summed E-state index contributed by atoms with van der Waals surface area (Å²) in [5, 5.41) is 4.00. The third kappa shape index (κ3) is 5.23. The van der Waals surface area contributed by atoms with E-state index in [-0.39, 0.29) is 24.2 Å². The van der Waals surface area contributed by atoms with Gasteiger partial charge in [-0.05, 0) is 24.5 Å². The summed E-state index contributed by atoms with van der Waals surface area (Å²) in [7, 11) is -3.35. The van der Waals surface area contributed by atoms with Crippen LogP contribution in [0, 0.1) is 5.92 Å². The van der Waals surface area contributed by atoms with E-state index in [1.807, 2.05) is 4.90 Å². The molecule has 188 valence electrons. The molecule has 0 radical (unpaired) electrons. The van der Waals surface area contributed by atoms with Crippen LogP contribution in [0.4, 0.5) is 19.0 Å². The van der Waals surface area contributed by atoms with Crippen molar-refractivity contribution in [1.29, 1.82) is 0 Å². The highest BCUT2D eigenvalue weighted by atomic mass is 32.2. The Labute approximate surface area is 200 Å². The molecule has 3 aromatic rings. The molecule has 2 aliphatic heterocycles. The van der Waals surface area contributed by atoms with Crippen LogP contribution in [0.5, 0.6) is 0 Å². The third-order valence-corrected chi connectivity index (χ3v) is 7.07. The first kappa shape index (κ1) is 23.9. The maximum Gasteiger partial charge on any atom is 0.282 e. The van der Waals surface area contributed by atoms with Crippen molar-refractivity contribution in [2.75, 3.05) is 43.9 Å². The lowest BCUT2D eigenvalue weighted by Crippen LogP contribution is -2.60. The maximum atomic E-state index is 13.5. The number of imidazole rings is 1. The Kier molecular flexibility index (Phi) is 6.36. The number of alkyl halides is 3. The first-order chi connectivity index (χ1) is 16.7. The van der Waals surface area contributed by atoms with Gasteiger partial charge in [0.25, 0.3) is 6.43 Å². The molecule has 0 spiro atoms. The lowest BCUT2D eigenvalue weighted by molar-refractivity contribution is 0.0155. The van der Waals surface area contributed by atoms with E-state index in [0.717, 1.165) is 12.7 Å². The van der Waals surface area contributed by atoms with Crippen LogP contribution in [-0.2, 0) is 10.0 Å². The summed E-state index contributed by atoms with van der Waals surface area (Å²) in [5.74, 6) is 0.591. The fraction of sp³-hybridized carbons (Fsp3) is 0.524. The van der Waals surface area contributed by atoms with Crippen molar-refractivity contribution in [3.8, 4) is 11.4 Å². The minimum Gasteiger partial charge on any atom is -0.355 e. The molecule has 10 nitrogen and oxygen atoms in total. The van der Waals surface area contributed by atoms with Crippen molar-refractivity contribution >= 4 is 21.5 Å². The summed E-state index contributed by atoms with van der Waals surface area (Å²) in [4.78, 5) is 17.0. The summed E-state index contributed by atoms with van der Waals surface area (Å²) in [6, 6.07) is 4.49. The normalized spacial score (nSPS) is 22.1. The summed E-state index contributed by atoms with van der Waals surface area (Å²) in [6.45, 7) is 2.13. The van der Waals surface area contributed by atoms with Gasteiger partial charge in [-0.1, -0.05) is 0 Å². The topological polar surface area (TPSA) is 109 Å². The highest BCUT2D eigenvalue weighted by Gasteiger charge is 2.38. The van der Waals surface area contributed by atoms with Gasteiger partial charge in [-0.25, -0.2) is 45.8 Å². The molecule has 3 aromatic heterocycles. The average Bonchev–Trinajstić information content (AvgIpc) is 3.23. The van der Waals surface area contributed by atoms with Crippen LogP contribution in [-0.4, -0.2) is 89.1 Å². The van der Waals surface area contributed by atoms with E-state index >= 15 is 0 Å². The number of nitrogens with one attached hydrogen (secondary N) is 1. The zero-order valence-corrected chi connectivity index (χ0v) is 19.7. The van der Waals surface area contributed by atoms with Crippen LogP contribution in [0.3, 0.4) is 0 Å². The number of nitrogens with zero attached hydrogens (tertiary/aromatic N) is 7. The zero-order chi connectivity index (χ0) is 24.7. The van der Waals surface area contributed by atoms with E-state index in [0.29, 0.717) is 49.0 Å². The quantitative estimate of drug-likeness (QED) is 0.510. The molecule has 2 fully saturated rings. The Morgan fingerprint density at radius 3 is 2.66 bits per heavy atom. The van der Waals surface area contributed by atoms with Gasteiger partial charge in [0, 0.05) is 44.8 Å². The highest BCUT2D eigenvalue weighted by molar-refractivity contribution is 7.88. The number of aromatic nitrogens is 5. The number of hydrogen-bond donors (Lipinski definition) is 1. The van der Waals surface area contributed by atoms with Crippen molar-refractivity contribution in [1.82, 2.24) is 34.2 Å². The monoisotopic (exact) mass is 510 g/mol. The van der Waals surface area contributed by atoms with Crippen LogP contribution in [0.1, 0.15) is 18.5 Å². The van der Waals surface area contributed by atoms with Crippen molar-refractivity contribution in [3.05, 3.63) is 36.4 Å². The number of sulfonamides is 1. The highest BCUT2D eigenvalue weighted by Crippen LogP contribution is 2.30. The van der Waals surface area contributed by atoms with Crippen LogP contribution >= 0.6 is 0 Å². The summed E-state index contributed by atoms with van der Waals surface area (Å²) >= 11 is 0. The number of likely N-dealkylation sites (tertiary alicyclic amines) is 1. The van der Waals surface area contributed by atoms with E-state index in [2.05, 4.69) is 29.7 Å². The second kappa shape index (κ2) is 9.32. The van der Waals surface area contributed by atoms with Gasteiger partial charge in [-0.15, -0.1) is 0 Å². The molecule has 5 rings (SSSR count). The Morgan fingerprint density at radius 2 is 1.94 bits per heavy atom. The van der Waals surface area contributed by atoms with Gasteiger partial charge in [0.05, 0.1) is 18.1 Å². The number of piperidine rings is 1. The predicted octanol–water partition coefficient (Wildman–Crippen LogP) is 1.52. The Balaban J connectivity index is 1.43. The van der Waals surface area contributed by atoms with Crippen LogP contribution < -0.4 is 9.62 Å². The van der Waals surface area contributed by atoms with Gasteiger partial charge in [-0.2, -0.15) is 5.10 Å². The lowest BCUT2D eigenvalue weighted by atomic mass is 9.91. The summed E-state index contributed by atoms with van der Waals surface area (Å²) in [5.41, 5.74) is 0.944. The Morgan fingerprint density at radius 1 is 1.14 bits per heavy atom. The van der Waals surface area contributed by atoms with Gasteiger partial charge in [-0.3, -0.25) is 4.90 Å². The molecular formula is C21H25F3N8O2S. The van der Waals surface area contributed by atoms with Crippen molar-refractivity contribution in [2.24, 2.45) is 5.92 Å². The fourth-order valence-corrected chi connectivity index (χ4v) is 5.17. The number of halogens is 3. The molecule has 2 atom stereocenters. The van der Waals surface area contributed by atoms with Gasteiger partial charge in [0.1, 0.15) is 29.7 Å². The number of anilines is 1. The van der Waals surface area contributed by atoms with Gasteiger partial charge in [0.2, 0.25) is 10.0 Å². The van der Waals surface area contributed by atoms with E-state index in [1.165, 1.54) is 29.2 Å². The van der Waals surface area contributed by atoms with E-state index in [9.17, 15) is 21.6 Å².